The molecule has 0 aliphatic rings. The van der Waals surface area contributed by atoms with Gasteiger partial charge in [0.25, 0.3) is 0 Å². The molecule has 1 nitrogen and oxygen atoms in total. The van der Waals surface area contributed by atoms with Gasteiger partial charge in [-0.3, -0.25) is 0 Å². The Morgan fingerprint density at radius 1 is 0.481 bits per heavy atom. The van der Waals surface area contributed by atoms with Crippen LogP contribution in [0.1, 0.15) is 6.92 Å². The first-order valence-electron chi connectivity index (χ1n) is 9.43. The monoisotopic (exact) mass is 349 g/mol. The van der Waals surface area contributed by atoms with E-state index in [9.17, 15) is 0 Å². The number of anilines is 2. The smallest absolute Gasteiger partial charge is 0.0423 e. The van der Waals surface area contributed by atoms with Crippen molar-refractivity contribution in [2.24, 2.45) is 0 Å². The highest BCUT2D eigenvalue weighted by Gasteiger charge is 2.11. The molecule has 0 aliphatic heterocycles. The highest BCUT2D eigenvalue weighted by atomic mass is 15.1. The van der Waals surface area contributed by atoms with Crippen molar-refractivity contribution in [2.75, 3.05) is 11.4 Å². The van der Waals surface area contributed by atoms with Gasteiger partial charge in [0.15, 0.2) is 0 Å². The van der Waals surface area contributed by atoms with Crippen molar-refractivity contribution in [3.63, 3.8) is 0 Å². The maximum absolute atomic E-state index is 2.36. The first-order chi connectivity index (χ1) is 13.3. The Kier molecular flexibility index (Phi) is 5.02. The fourth-order valence-corrected chi connectivity index (χ4v) is 3.48. The molecule has 0 aromatic heterocycles. The molecule has 0 spiro atoms. The number of nitrogens with zero attached hydrogens (tertiary/aromatic N) is 1. The van der Waals surface area contributed by atoms with Gasteiger partial charge in [0.2, 0.25) is 0 Å². The van der Waals surface area contributed by atoms with Gasteiger partial charge in [-0.25, -0.2) is 0 Å². The largest absolute Gasteiger partial charge is 0.342 e. The van der Waals surface area contributed by atoms with Crippen molar-refractivity contribution < 1.29 is 0 Å². The molecular weight excluding hydrogens is 326 g/mol. The Bertz CT molecular complexity index is 934. The summed E-state index contributed by atoms with van der Waals surface area (Å²) in [6, 6.07) is 38.7. The van der Waals surface area contributed by atoms with E-state index in [1.54, 1.807) is 0 Å². The van der Waals surface area contributed by atoms with Gasteiger partial charge in [-0.05, 0) is 59.5 Å². The molecular formula is C26H23N. The molecule has 0 N–H and O–H groups in total. The van der Waals surface area contributed by atoms with Crippen LogP contribution in [-0.4, -0.2) is 6.54 Å². The van der Waals surface area contributed by atoms with Crippen LogP contribution in [0.2, 0.25) is 0 Å². The first kappa shape index (κ1) is 17.1. The van der Waals surface area contributed by atoms with E-state index in [1.807, 2.05) is 0 Å². The van der Waals surface area contributed by atoms with Gasteiger partial charge in [-0.2, -0.15) is 0 Å². The maximum Gasteiger partial charge on any atom is 0.0423 e. The Balaban J connectivity index is 1.88. The van der Waals surface area contributed by atoms with Crippen LogP contribution in [-0.2, 0) is 0 Å². The number of rotatable bonds is 5. The van der Waals surface area contributed by atoms with Crippen LogP contribution in [0.3, 0.4) is 0 Å². The van der Waals surface area contributed by atoms with E-state index in [1.165, 1.54) is 33.6 Å². The second-order valence-corrected chi connectivity index (χ2v) is 6.58. The molecule has 0 bridgehead atoms. The third kappa shape index (κ3) is 3.78. The SMILES string of the molecule is CCN(c1ccccc1)c1cc(-c2ccccc2)cc(-c2ccccc2)c1. The van der Waals surface area contributed by atoms with Gasteiger partial charge in [0.05, 0.1) is 0 Å². The summed E-state index contributed by atoms with van der Waals surface area (Å²) in [5.74, 6) is 0. The number of benzene rings is 4. The van der Waals surface area contributed by atoms with Crippen molar-refractivity contribution in [2.45, 2.75) is 6.92 Å². The minimum Gasteiger partial charge on any atom is -0.342 e. The lowest BCUT2D eigenvalue weighted by molar-refractivity contribution is 1.02. The molecule has 0 heterocycles. The highest BCUT2D eigenvalue weighted by molar-refractivity contribution is 5.80. The number of para-hydroxylation sites is 1. The molecule has 0 radical (unpaired) electrons. The van der Waals surface area contributed by atoms with E-state index in [0.29, 0.717) is 0 Å². The molecule has 0 fully saturated rings. The standard InChI is InChI=1S/C26H23N/c1-2-27(25-16-10-5-11-17-25)26-19-23(21-12-6-3-7-13-21)18-24(20-26)22-14-8-4-9-15-22/h3-20H,2H2,1H3. The second kappa shape index (κ2) is 7.92. The normalized spacial score (nSPS) is 10.6. The zero-order valence-corrected chi connectivity index (χ0v) is 15.5. The molecule has 4 aromatic rings. The quantitative estimate of drug-likeness (QED) is 0.369. The lowest BCUT2D eigenvalue weighted by Gasteiger charge is -2.25. The van der Waals surface area contributed by atoms with E-state index < -0.39 is 0 Å². The van der Waals surface area contributed by atoms with Gasteiger partial charge in [-0.1, -0.05) is 78.9 Å². The van der Waals surface area contributed by atoms with Gasteiger partial charge in [-0.15, -0.1) is 0 Å². The van der Waals surface area contributed by atoms with Gasteiger partial charge >= 0.3 is 0 Å². The lowest BCUT2D eigenvalue weighted by Crippen LogP contribution is -2.16. The first-order valence-corrected chi connectivity index (χ1v) is 9.43. The minimum absolute atomic E-state index is 0.913. The van der Waals surface area contributed by atoms with Crippen LogP contribution in [0.25, 0.3) is 22.3 Å². The third-order valence-electron chi connectivity index (χ3n) is 4.83. The predicted molar refractivity (Wildman–Crippen MR) is 116 cm³/mol. The van der Waals surface area contributed by atoms with Crippen molar-refractivity contribution in [1.29, 1.82) is 0 Å². The van der Waals surface area contributed by atoms with Crippen LogP contribution < -0.4 is 4.90 Å². The van der Waals surface area contributed by atoms with E-state index in [0.717, 1.165) is 6.54 Å². The third-order valence-corrected chi connectivity index (χ3v) is 4.83. The van der Waals surface area contributed by atoms with Crippen molar-refractivity contribution >= 4 is 11.4 Å². The van der Waals surface area contributed by atoms with E-state index in [4.69, 9.17) is 0 Å². The van der Waals surface area contributed by atoms with Crippen LogP contribution in [0.5, 0.6) is 0 Å². The van der Waals surface area contributed by atoms with Crippen molar-refractivity contribution in [1.82, 2.24) is 0 Å². The Hall–Kier alpha value is -3.32. The zero-order valence-electron chi connectivity index (χ0n) is 15.5. The Labute approximate surface area is 161 Å². The summed E-state index contributed by atoms with van der Waals surface area (Å²) in [6.45, 7) is 3.11. The summed E-state index contributed by atoms with van der Waals surface area (Å²) in [5, 5.41) is 0. The summed E-state index contributed by atoms with van der Waals surface area (Å²) in [5.41, 5.74) is 7.37. The van der Waals surface area contributed by atoms with Gasteiger partial charge in [0.1, 0.15) is 0 Å². The summed E-state index contributed by atoms with van der Waals surface area (Å²) in [6.07, 6.45) is 0. The highest BCUT2D eigenvalue weighted by Crippen LogP contribution is 2.34. The van der Waals surface area contributed by atoms with Crippen molar-refractivity contribution in [3.8, 4) is 22.3 Å². The molecule has 0 saturated heterocycles. The molecule has 4 aromatic carbocycles. The predicted octanol–water partition coefficient (Wildman–Crippen LogP) is 7.18. The Morgan fingerprint density at radius 3 is 1.37 bits per heavy atom. The fraction of sp³-hybridized carbons (Fsp3) is 0.0769. The summed E-state index contributed by atoms with van der Waals surface area (Å²) < 4.78 is 0. The molecule has 27 heavy (non-hydrogen) atoms. The summed E-state index contributed by atoms with van der Waals surface area (Å²) in [4.78, 5) is 2.36. The summed E-state index contributed by atoms with van der Waals surface area (Å²) in [7, 11) is 0. The van der Waals surface area contributed by atoms with Crippen LogP contribution >= 0.6 is 0 Å². The average molecular weight is 349 g/mol. The summed E-state index contributed by atoms with van der Waals surface area (Å²) >= 11 is 0. The van der Waals surface area contributed by atoms with Gasteiger partial charge in [0, 0.05) is 17.9 Å². The topological polar surface area (TPSA) is 3.24 Å². The molecule has 0 aliphatic carbocycles. The molecule has 4 rings (SSSR count). The zero-order chi connectivity index (χ0) is 18.5. The van der Waals surface area contributed by atoms with Crippen molar-refractivity contribution in [3.05, 3.63) is 109 Å². The minimum atomic E-state index is 0.913. The maximum atomic E-state index is 2.36. The van der Waals surface area contributed by atoms with E-state index in [2.05, 4.69) is 121 Å². The second-order valence-electron chi connectivity index (χ2n) is 6.58. The van der Waals surface area contributed by atoms with Gasteiger partial charge < -0.3 is 4.90 Å². The van der Waals surface area contributed by atoms with Crippen LogP contribution in [0.4, 0.5) is 11.4 Å². The Morgan fingerprint density at radius 2 is 0.926 bits per heavy atom. The molecule has 132 valence electrons. The molecule has 0 unspecified atom stereocenters. The molecule has 0 atom stereocenters. The molecule has 0 saturated carbocycles. The number of hydrogen-bond donors (Lipinski definition) is 0. The number of hydrogen-bond acceptors (Lipinski definition) is 1. The van der Waals surface area contributed by atoms with Crippen LogP contribution in [0.15, 0.2) is 109 Å². The van der Waals surface area contributed by atoms with E-state index >= 15 is 0 Å². The average Bonchev–Trinajstić information content (AvgIpc) is 2.76. The lowest BCUT2D eigenvalue weighted by atomic mass is 9.97. The van der Waals surface area contributed by atoms with Crippen LogP contribution in [0, 0.1) is 0 Å². The van der Waals surface area contributed by atoms with E-state index in [-0.39, 0.29) is 0 Å². The fourth-order valence-electron chi connectivity index (χ4n) is 3.48. The molecule has 0 amide bonds. The molecule has 1 heteroatoms.